The Hall–Kier alpha value is -3.28. The van der Waals surface area contributed by atoms with Gasteiger partial charge in [0.2, 0.25) is 0 Å². The molecule has 0 unspecified atom stereocenters. The van der Waals surface area contributed by atoms with Crippen molar-refractivity contribution >= 4 is 34.0 Å². The molecule has 0 atom stereocenters. The summed E-state index contributed by atoms with van der Waals surface area (Å²) in [6, 6.07) is 28.2. The number of allylic oxidation sites excluding steroid dienone is 1. The van der Waals surface area contributed by atoms with Crippen molar-refractivity contribution in [3.05, 3.63) is 101 Å². The highest BCUT2D eigenvalue weighted by molar-refractivity contribution is 6.30. The Labute approximate surface area is 157 Å². The van der Waals surface area contributed by atoms with E-state index in [1.54, 1.807) is 12.1 Å². The van der Waals surface area contributed by atoms with Crippen molar-refractivity contribution in [3.8, 4) is 11.8 Å². The lowest BCUT2D eigenvalue weighted by Gasteiger charge is -2.09. The molecule has 0 aliphatic heterocycles. The van der Waals surface area contributed by atoms with Gasteiger partial charge in [-0.2, -0.15) is 5.26 Å². The van der Waals surface area contributed by atoms with Crippen molar-refractivity contribution in [2.45, 2.75) is 0 Å². The Bertz CT molecular complexity index is 1140. The minimum Gasteiger partial charge on any atom is -0.317 e. The third kappa shape index (κ3) is 3.13. The first kappa shape index (κ1) is 16.2. The first-order chi connectivity index (χ1) is 12.7. The van der Waals surface area contributed by atoms with Crippen LogP contribution in [0.4, 0.5) is 0 Å². The maximum atomic E-state index is 9.59. The lowest BCUT2D eigenvalue weighted by molar-refractivity contribution is 1.07. The van der Waals surface area contributed by atoms with Crippen molar-refractivity contribution in [1.29, 1.82) is 5.26 Å². The van der Waals surface area contributed by atoms with Gasteiger partial charge >= 0.3 is 0 Å². The summed E-state index contributed by atoms with van der Waals surface area (Å²) in [6.07, 6.45) is 3.91. The van der Waals surface area contributed by atoms with Crippen LogP contribution in [0.2, 0.25) is 5.02 Å². The summed E-state index contributed by atoms with van der Waals surface area (Å²) in [5, 5.41) is 12.6. The van der Waals surface area contributed by atoms with Crippen LogP contribution >= 0.6 is 11.6 Å². The average molecular weight is 355 g/mol. The highest BCUT2D eigenvalue weighted by atomic mass is 35.5. The quantitative estimate of drug-likeness (QED) is 0.394. The molecule has 124 valence electrons. The van der Waals surface area contributed by atoms with E-state index in [9.17, 15) is 5.26 Å². The smallest absolute Gasteiger partial charge is 0.0998 e. The minimum absolute atomic E-state index is 0.599. The van der Waals surface area contributed by atoms with E-state index in [4.69, 9.17) is 11.6 Å². The second kappa shape index (κ2) is 6.92. The van der Waals surface area contributed by atoms with Gasteiger partial charge in [0.15, 0.2) is 0 Å². The molecule has 0 spiro atoms. The third-order valence-corrected chi connectivity index (χ3v) is 4.61. The zero-order valence-corrected chi connectivity index (χ0v) is 14.7. The molecule has 0 fully saturated rings. The minimum atomic E-state index is 0.599. The first-order valence-corrected chi connectivity index (χ1v) is 8.67. The van der Waals surface area contributed by atoms with Crippen LogP contribution in [0, 0.1) is 11.3 Å². The molecule has 0 aliphatic rings. The van der Waals surface area contributed by atoms with E-state index in [0.29, 0.717) is 10.6 Å². The highest BCUT2D eigenvalue weighted by Crippen LogP contribution is 2.24. The number of rotatable bonds is 3. The van der Waals surface area contributed by atoms with E-state index in [-0.39, 0.29) is 0 Å². The molecule has 0 amide bonds. The SMILES string of the molecule is N#C/C(=C/c1cccn1-c1ccc2ccccc2c1)c1ccc(Cl)cc1. The lowest BCUT2D eigenvalue weighted by atomic mass is 10.1. The van der Waals surface area contributed by atoms with E-state index in [0.717, 1.165) is 16.9 Å². The van der Waals surface area contributed by atoms with E-state index in [1.165, 1.54) is 10.8 Å². The predicted molar refractivity (Wildman–Crippen MR) is 108 cm³/mol. The largest absolute Gasteiger partial charge is 0.317 e. The fourth-order valence-corrected chi connectivity index (χ4v) is 3.16. The molecule has 0 bridgehead atoms. The Morgan fingerprint density at radius 1 is 0.885 bits per heavy atom. The molecule has 1 aromatic heterocycles. The number of nitrogens with zero attached hydrogens (tertiary/aromatic N) is 2. The van der Waals surface area contributed by atoms with Gasteiger partial charge in [0, 0.05) is 22.6 Å². The van der Waals surface area contributed by atoms with Gasteiger partial charge in [0.25, 0.3) is 0 Å². The van der Waals surface area contributed by atoms with Crippen LogP contribution in [0.25, 0.3) is 28.1 Å². The van der Waals surface area contributed by atoms with E-state index < -0.39 is 0 Å². The van der Waals surface area contributed by atoms with Crippen LogP contribution in [-0.2, 0) is 0 Å². The van der Waals surface area contributed by atoms with Gasteiger partial charge in [-0.05, 0) is 58.8 Å². The summed E-state index contributed by atoms with van der Waals surface area (Å²) < 4.78 is 2.08. The second-order valence-corrected chi connectivity index (χ2v) is 6.45. The van der Waals surface area contributed by atoms with Gasteiger partial charge in [0.1, 0.15) is 0 Å². The molecule has 4 aromatic rings. The summed E-state index contributed by atoms with van der Waals surface area (Å²) in [4.78, 5) is 0. The fraction of sp³-hybridized carbons (Fsp3) is 0. The van der Waals surface area contributed by atoms with E-state index in [2.05, 4.69) is 41.0 Å². The molecular formula is C23H15ClN2. The maximum absolute atomic E-state index is 9.59. The zero-order valence-electron chi connectivity index (χ0n) is 13.9. The predicted octanol–water partition coefficient (Wildman–Crippen LogP) is 6.35. The standard InChI is InChI=1S/C23H15ClN2/c24-21-10-7-18(8-11-21)20(16-25)15-22-6-3-13-26(22)23-12-9-17-4-1-2-5-19(17)14-23/h1-15H/b20-15-. The molecule has 0 N–H and O–H groups in total. The van der Waals surface area contributed by atoms with Crippen molar-refractivity contribution in [2.24, 2.45) is 0 Å². The van der Waals surface area contributed by atoms with Crippen molar-refractivity contribution in [3.63, 3.8) is 0 Å². The average Bonchev–Trinajstić information content (AvgIpc) is 3.15. The van der Waals surface area contributed by atoms with E-state index >= 15 is 0 Å². The van der Waals surface area contributed by atoms with Gasteiger partial charge in [-0.1, -0.05) is 54.1 Å². The summed E-state index contributed by atoms with van der Waals surface area (Å²) in [5.41, 5.74) is 3.46. The monoisotopic (exact) mass is 354 g/mol. The molecule has 0 aliphatic carbocycles. The van der Waals surface area contributed by atoms with Gasteiger partial charge in [-0.15, -0.1) is 0 Å². The fourth-order valence-electron chi connectivity index (χ4n) is 3.03. The molecule has 3 heteroatoms. The molecule has 3 aromatic carbocycles. The summed E-state index contributed by atoms with van der Waals surface area (Å²) in [5.74, 6) is 0. The van der Waals surface area contributed by atoms with Gasteiger partial charge < -0.3 is 4.57 Å². The second-order valence-electron chi connectivity index (χ2n) is 6.01. The van der Waals surface area contributed by atoms with Crippen LogP contribution in [0.5, 0.6) is 0 Å². The molecule has 4 rings (SSSR count). The Kier molecular flexibility index (Phi) is 4.31. The molecule has 26 heavy (non-hydrogen) atoms. The summed E-state index contributed by atoms with van der Waals surface area (Å²) >= 11 is 5.95. The van der Waals surface area contributed by atoms with Gasteiger partial charge in [-0.25, -0.2) is 0 Å². The molecular weight excluding hydrogens is 340 g/mol. The van der Waals surface area contributed by atoms with Crippen LogP contribution in [0.1, 0.15) is 11.3 Å². The highest BCUT2D eigenvalue weighted by Gasteiger charge is 2.06. The Balaban J connectivity index is 1.78. The number of aromatic nitrogens is 1. The van der Waals surface area contributed by atoms with Crippen molar-refractivity contribution in [1.82, 2.24) is 4.57 Å². The van der Waals surface area contributed by atoms with Crippen molar-refractivity contribution < 1.29 is 0 Å². The Morgan fingerprint density at radius 2 is 1.65 bits per heavy atom. The lowest BCUT2D eigenvalue weighted by Crippen LogP contribution is -1.95. The summed E-state index contributed by atoms with van der Waals surface area (Å²) in [7, 11) is 0. The van der Waals surface area contributed by atoms with Crippen LogP contribution in [0.15, 0.2) is 85.1 Å². The zero-order chi connectivity index (χ0) is 17.9. The molecule has 0 saturated carbocycles. The topological polar surface area (TPSA) is 28.7 Å². The maximum Gasteiger partial charge on any atom is 0.0998 e. The van der Waals surface area contributed by atoms with Crippen molar-refractivity contribution in [2.75, 3.05) is 0 Å². The molecule has 0 saturated heterocycles. The number of fused-ring (bicyclic) bond motifs is 1. The molecule has 0 radical (unpaired) electrons. The number of nitriles is 1. The molecule has 2 nitrogen and oxygen atoms in total. The molecule has 1 heterocycles. The van der Waals surface area contributed by atoms with Gasteiger partial charge in [-0.3, -0.25) is 0 Å². The summed E-state index contributed by atoms with van der Waals surface area (Å²) in [6.45, 7) is 0. The third-order valence-electron chi connectivity index (χ3n) is 4.36. The Morgan fingerprint density at radius 3 is 2.42 bits per heavy atom. The number of hydrogen-bond donors (Lipinski definition) is 0. The normalized spacial score (nSPS) is 11.5. The van der Waals surface area contributed by atoms with Gasteiger partial charge in [0.05, 0.1) is 11.6 Å². The number of benzene rings is 3. The first-order valence-electron chi connectivity index (χ1n) is 8.29. The number of hydrogen-bond acceptors (Lipinski definition) is 1. The van der Waals surface area contributed by atoms with Crippen LogP contribution in [0.3, 0.4) is 0 Å². The van der Waals surface area contributed by atoms with Crippen LogP contribution in [-0.4, -0.2) is 4.57 Å². The van der Waals surface area contributed by atoms with Crippen LogP contribution < -0.4 is 0 Å². The van der Waals surface area contributed by atoms with E-state index in [1.807, 2.05) is 48.7 Å². The number of halogens is 1.